The van der Waals surface area contributed by atoms with Crippen LogP contribution in [0, 0.1) is 13.8 Å². The summed E-state index contributed by atoms with van der Waals surface area (Å²) < 4.78 is 1.99. The van der Waals surface area contributed by atoms with Gasteiger partial charge in [-0.15, -0.1) is 0 Å². The average molecular weight is 264 g/mol. The smallest absolute Gasteiger partial charge is 0.0677 e. The Kier molecular flexibility index (Phi) is 4.04. The van der Waals surface area contributed by atoms with E-state index >= 15 is 0 Å². The van der Waals surface area contributed by atoms with Crippen LogP contribution in [0.2, 0.25) is 5.02 Å². The maximum atomic E-state index is 6.25. The highest BCUT2D eigenvalue weighted by molar-refractivity contribution is 6.31. The van der Waals surface area contributed by atoms with Crippen LogP contribution in [-0.4, -0.2) is 16.8 Å². The van der Waals surface area contributed by atoms with Crippen LogP contribution in [0.15, 0.2) is 24.4 Å². The highest BCUT2D eigenvalue weighted by atomic mass is 35.5. The fourth-order valence-electron chi connectivity index (χ4n) is 1.95. The lowest BCUT2D eigenvalue weighted by molar-refractivity contribution is 0.662. The van der Waals surface area contributed by atoms with E-state index in [9.17, 15) is 0 Å². The number of aryl methyl sites for hydroxylation is 1. The molecule has 0 atom stereocenters. The van der Waals surface area contributed by atoms with Crippen molar-refractivity contribution >= 4 is 11.6 Å². The molecule has 2 rings (SSSR count). The zero-order valence-electron chi connectivity index (χ0n) is 11.0. The second kappa shape index (κ2) is 5.55. The van der Waals surface area contributed by atoms with Crippen molar-refractivity contribution in [2.45, 2.75) is 26.9 Å². The molecule has 0 fully saturated rings. The van der Waals surface area contributed by atoms with Crippen LogP contribution >= 0.6 is 11.6 Å². The largest absolute Gasteiger partial charge is 0.316 e. The van der Waals surface area contributed by atoms with Gasteiger partial charge in [-0.25, -0.2) is 0 Å². The van der Waals surface area contributed by atoms with E-state index in [1.807, 2.05) is 30.9 Å². The Morgan fingerprint density at radius 2 is 2.06 bits per heavy atom. The highest BCUT2D eigenvalue weighted by Crippen LogP contribution is 2.19. The molecule has 3 nitrogen and oxygen atoms in total. The van der Waals surface area contributed by atoms with Crippen molar-refractivity contribution in [1.29, 1.82) is 0 Å². The molecule has 0 amide bonds. The number of halogens is 1. The Labute approximate surface area is 113 Å². The molecular weight excluding hydrogens is 246 g/mol. The van der Waals surface area contributed by atoms with E-state index in [0.29, 0.717) is 6.54 Å². The SMILES string of the molecule is CNCc1cnn(Cc2ccc(C)cc2Cl)c1C. The predicted molar refractivity (Wildman–Crippen MR) is 75.0 cm³/mol. The Morgan fingerprint density at radius 1 is 1.28 bits per heavy atom. The van der Waals surface area contributed by atoms with Gasteiger partial charge in [0.1, 0.15) is 0 Å². The van der Waals surface area contributed by atoms with E-state index in [0.717, 1.165) is 17.1 Å². The first-order chi connectivity index (χ1) is 8.61. The van der Waals surface area contributed by atoms with Crippen LogP contribution in [0.4, 0.5) is 0 Å². The molecule has 2 aromatic rings. The highest BCUT2D eigenvalue weighted by Gasteiger charge is 2.08. The number of hydrogen-bond donors (Lipinski definition) is 1. The van der Waals surface area contributed by atoms with Gasteiger partial charge in [0.05, 0.1) is 12.7 Å². The third-order valence-corrected chi connectivity index (χ3v) is 3.45. The second-order valence-electron chi connectivity index (χ2n) is 4.54. The zero-order valence-corrected chi connectivity index (χ0v) is 11.8. The first-order valence-corrected chi connectivity index (χ1v) is 6.40. The number of rotatable bonds is 4. The molecule has 1 heterocycles. The lowest BCUT2D eigenvalue weighted by atomic mass is 10.1. The summed E-state index contributed by atoms with van der Waals surface area (Å²) in [5.41, 5.74) is 4.68. The third kappa shape index (κ3) is 2.74. The van der Waals surface area contributed by atoms with Crippen molar-refractivity contribution in [2.75, 3.05) is 7.05 Å². The van der Waals surface area contributed by atoms with Gasteiger partial charge in [-0.3, -0.25) is 4.68 Å². The summed E-state index contributed by atoms with van der Waals surface area (Å²) in [7, 11) is 1.94. The van der Waals surface area contributed by atoms with Gasteiger partial charge in [0.2, 0.25) is 0 Å². The van der Waals surface area contributed by atoms with E-state index in [1.165, 1.54) is 16.8 Å². The number of benzene rings is 1. The topological polar surface area (TPSA) is 29.9 Å². The summed E-state index contributed by atoms with van der Waals surface area (Å²) in [6, 6.07) is 6.13. The van der Waals surface area contributed by atoms with Gasteiger partial charge < -0.3 is 5.32 Å². The standard InChI is InChI=1S/C14H18ClN3/c1-10-4-5-12(14(15)6-10)9-18-11(2)13(7-16-3)8-17-18/h4-6,8,16H,7,9H2,1-3H3. The summed E-state index contributed by atoms with van der Waals surface area (Å²) in [4.78, 5) is 0. The average Bonchev–Trinajstić information content (AvgIpc) is 2.66. The van der Waals surface area contributed by atoms with Gasteiger partial charge in [0.15, 0.2) is 0 Å². The molecule has 0 aliphatic carbocycles. The number of aromatic nitrogens is 2. The molecule has 0 saturated carbocycles. The monoisotopic (exact) mass is 263 g/mol. The summed E-state index contributed by atoms with van der Waals surface area (Å²) in [5, 5.41) is 8.36. The number of nitrogens with zero attached hydrogens (tertiary/aromatic N) is 2. The minimum Gasteiger partial charge on any atom is -0.316 e. The molecule has 1 aromatic carbocycles. The van der Waals surface area contributed by atoms with Crippen LogP contribution < -0.4 is 5.32 Å². The first kappa shape index (κ1) is 13.1. The van der Waals surface area contributed by atoms with Gasteiger partial charge in [-0.2, -0.15) is 5.10 Å². The van der Waals surface area contributed by atoms with Crippen LogP contribution in [-0.2, 0) is 13.1 Å². The second-order valence-corrected chi connectivity index (χ2v) is 4.95. The van der Waals surface area contributed by atoms with Crippen LogP contribution in [0.25, 0.3) is 0 Å². The molecule has 96 valence electrons. The van der Waals surface area contributed by atoms with E-state index < -0.39 is 0 Å². The maximum absolute atomic E-state index is 6.25. The fourth-order valence-corrected chi connectivity index (χ4v) is 2.25. The summed E-state index contributed by atoms with van der Waals surface area (Å²) in [5.74, 6) is 0. The summed E-state index contributed by atoms with van der Waals surface area (Å²) in [6.45, 7) is 5.68. The molecule has 0 aliphatic rings. The molecule has 18 heavy (non-hydrogen) atoms. The molecule has 0 aliphatic heterocycles. The van der Waals surface area contributed by atoms with Crippen molar-refractivity contribution in [3.05, 3.63) is 51.8 Å². The van der Waals surface area contributed by atoms with Gasteiger partial charge in [-0.05, 0) is 38.1 Å². The molecular formula is C14H18ClN3. The number of nitrogens with one attached hydrogen (secondary N) is 1. The van der Waals surface area contributed by atoms with Gasteiger partial charge in [-0.1, -0.05) is 23.7 Å². The molecule has 0 spiro atoms. The molecule has 4 heteroatoms. The Hall–Kier alpha value is -1.32. The van der Waals surface area contributed by atoms with Crippen molar-refractivity contribution in [1.82, 2.24) is 15.1 Å². The molecule has 1 aromatic heterocycles. The first-order valence-electron chi connectivity index (χ1n) is 6.02. The summed E-state index contributed by atoms with van der Waals surface area (Å²) in [6.07, 6.45) is 1.91. The molecule has 0 bridgehead atoms. The normalized spacial score (nSPS) is 10.9. The van der Waals surface area contributed by atoms with Crippen LogP contribution in [0.5, 0.6) is 0 Å². The summed E-state index contributed by atoms with van der Waals surface area (Å²) >= 11 is 6.25. The van der Waals surface area contributed by atoms with Gasteiger partial charge >= 0.3 is 0 Å². The molecule has 1 N–H and O–H groups in total. The molecule has 0 saturated heterocycles. The fraction of sp³-hybridized carbons (Fsp3) is 0.357. The van der Waals surface area contributed by atoms with Crippen LogP contribution in [0.3, 0.4) is 0 Å². The van der Waals surface area contributed by atoms with Crippen molar-refractivity contribution in [3.63, 3.8) is 0 Å². The quantitative estimate of drug-likeness (QED) is 0.919. The Morgan fingerprint density at radius 3 is 2.72 bits per heavy atom. The predicted octanol–water partition coefficient (Wildman–Crippen LogP) is 2.92. The van der Waals surface area contributed by atoms with Crippen LogP contribution in [0.1, 0.15) is 22.4 Å². The minimum atomic E-state index is 0.717. The van der Waals surface area contributed by atoms with E-state index in [-0.39, 0.29) is 0 Å². The Balaban J connectivity index is 2.23. The molecule has 0 radical (unpaired) electrons. The van der Waals surface area contributed by atoms with Crippen molar-refractivity contribution < 1.29 is 0 Å². The molecule has 0 unspecified atom stereocenters. The van der Waals surface area contributed by atoms with E-state index in [2.05, 4.69) is 29.5 Å². The van der Waals surface area contributed by atoms with E-state index in [1.54, 1.807) is 0 Å². The van der Waals surface area contributed by atoms with Crippen molar-refractivity contribution in [2.24, 2.45) is 0 Å². The lowest BCUT2D eigenvalue weighted by Gasteiger charge is -2.08. The maximum Gasteiger partial charge on any atom is 0.0677 e. The lowest BCUT2D eigenvalue weighted by Crippen LogP contribution is -2.08. The van der Waals surface area contributed by atoms with Gasteiger partial charge in [0, 0.05) is 22.8 Å². The van der Waals surface area contributed by atoms with E-state index in [4.69, 9.17) is 11.6 Å². The minimum absolute atomic E-state index is 0.717. The van der Waals surface area contributed by atoms with Crippen molar-refractivity contribution in [3.8, 4) is 0 Å². The Bertz CT molecular complexity index is 546. The van der Waals surface area contributed by atoms with Gasteiger partial charge in [0.25, 0.3) is 0 Å². The third-order valence-electron chi connectivity index (χ3n) is 3.10. The zero-order chi connectivity index (χ0) is 13.1. The number of hydrogen-bond acceptors (Lipinski definition) is 2.